The van der Waals surface area contributed by atoms with Crippen molar-refractivity contribution >= 4 is 29.2 Å². The number of amides is 4. The molecule has 4 amide bonds. The van der Waals surface area contributed by atoms with Crippen molar-refractivity contribution in [2.45, 2.75) is 20.0 Å². The highest BCUT2D eigenvalue weighted by atomic mass is 32.1. The Bertz CT molecular complexity index is 797. The van der Waals surface area contributed by atoms with E-state index in [0.29, 0.717) is 12.1 Å². The van der Waals surface area contributed by atoms with E-state index in [1.807, 2.05) is 18.4 Å². The van der Waals surface area contributed by atoms with Crippen LogP contribution in [0.15, 0.2) is 35.7 Å². The Morgan fingerprint density at radius 2 is 1.96 bits per heavy atom. The van der Waals surface area contributed by atoms with Crippen LogP contribution in [0.1, 0.15) is 26.4 Å². The SMILES string of the molecule is Cc1ccsc1CN(C)C(=O)c1ccc(CN2C(=O)CNC2=O)cc1. The number of nitrogens with zero attached hydrogens (tertiary/aromatic N) is 2. The van der Waals surface area contributed by atoms with E-state index in [9.17, 15) is 14.4 Å². The van der Waals surface area contributed by atoms with Crippen LogP contribution in [0.4, 0.5) is 4.79 Å². The molecule has 2 aromatic rings. The van der Waals surface area contributed by atoms with Crippen molar-refractivity contribution in [3.05, 3.63) is 57.3 Å². The molecule has 1 aliphatic heterocycles. The summed E-state index contributed by atoms with van der Waals surface area (Å²) in [5.74, 6) is -0.300. The Morgan fingerprint density at radius 3 is 2.52 bits per heavy atom. The summed E-state index contributed by atoms with van der Waals surface area (Å²) >= 11 is 1.64. The van der Waals surface area contributed by atoms with Crippen molar-refractivity contribution < 1.29 is 14.4 Å². The molecule has 6 nitrogen and oxygen atoms in total. The molecule has 130 valence electrons. The van der Waals surface area contributed by atoms with E-state index in [-0.39, 0.29) is 30.9 Å². The fourth-order valence-electron chi connectivity index (χ4n) is 2.62. The number of carbonyl (C=O) groups is 3. The van der Waals surface area contributed by atoms with Crippen molar-refractivity contribution in [1.29, 1.82) is 0 Å². The maximum absolute atomic E-state index is 12.5. The summed E-state index contributed by atoms with van der Waals surface area (Å²) in [6.07, 6.45) is 0. The molecule has 0 unspecified atom stereocenters. The number of hydrogen-bond acceptors (Lipinski definition) is 4. The molecule has 3 rings (SSSR count). The first kappa shape index (κ1) is 17.2. The zero-order valence-corrected chi connectivity index (χ0v) is 14.9. The van der Waals surface area contributed by atoms with Crippen LogP contribution in [-0.2, 0) is 17.9 Å². The van der Waals surface area contributed by atoms with Gasteiger partial charge >= 0.3 is 6.03 Å². The fraction of sp³-hybridized carbons (Fsp3) is 0.278. The van der Waals surface area contributed by atoms with Crippen LogP contribution in [-0.4, -0.2) is 41.2 Å². The van der Waals surface area contributed by atoms with Crippen LogP contribution < -0.4 is 5.32 Å². The second-order valence-corrected chi connectivity index (χ2v) is 7.02. The van der Waals surface area contributed by atoms with Gasteiger partial charge in [0.05, 0.1) is 19.6 Å². The van der Waals surface area contributed by atoms with Gasteiger partial charge in [0.25, 0.3) is 5.91 Å². The predicted octanol–water partition coefficient (Wildman–Crippen LogP) is 2.38. The van der Waals surface area contributed by atoms with Crippen LogP contribution in [0, 0.1) is 6.92 Å². The first-order valence-corrected chi connectivity index (χ1v) is 8.79. The molecule has 1 aliphatic rings. The highest BCUT2D eigenvalue weighted by Crippen LogP contribution is 2.18. The molecular weight excluding hydrogens is 338 g/mol. The number of rotatable bonds is 5. The highest BCUT2D eigenvalue weighted by molar-refractivity contribution is 7.10. The third-order valence-corrected chi connectivity index (χ3v) is 5.18. The topological polar surface area (TPSA) is 69.7 Å². The van der Waals surface area contributed by atoms with E-state index in [0.717, 1.165) is 5.56 Å². The van der Waals surface area contributed by atoms with E-state index in [4.69, 9.17) is 0 Å². The second kappa shape index (κ2) is 7.06. The monoisotopic (exact) mass is 357 g/mol. The summed E-state index contributed by atoms with van der Waals surface area (Å²) in [6, 6.07) is 8.67. The zero-order valence-electron chi connectivity index (χ0n) is 14.1. The fourth-order valence-corrected chi connectivity index (χ4v) is 3.58. The van der Waals surface area contributed by atoms with Gasteiger partial charge in [-0.1, -0.05) is 12.1 Å². The van der Waals surface area contributed by atoms with Crippen molar-refractivity contribution in [3.63, 3.8) is 0 Å². The number of thiophene rings is 1. The minimum atomic E-state index is -0.379. The van der Waals surface area contributed by atoms with Crippen molar-refractivity contribution in [1.82, 2.24) is 15.1 Å². The van der Waals surface area contributed by atoms with Gasteiger partial charge in [-0.05, 0) is 41.6 Å². The molecule has 0 saturated carbocycles. The van der Waals surface area contributed by atoms with Gasteiger partial charge in [0.2, 0.25) is 5.91 Å². The number of imide groups is 1. The molecule has 0 bridgehead atoms. The molecule has 25 heavy (non-hydrogen) atoms. The van der Waals surface area contributed by atoms with Crippen LogP contribution in [0.3, 0.4) is 0 Å². The lowest BCUT2D eigenvalue weighted by Crippen LogP contribution is -2.30. The Hall–Kier alpha value is -2.67. The number of hydrogen-bond donors (Lipinski definition) is 1. The maximum atomic E-state index is 12.5. The summed E-state index contributed by atoms with van der Waals surface area (Å²) in [5.41, 5.74) is 2.57. The number of benzene rings is 1. The largest absolute Gasteiger partial charge is 0.337 e. The zero-order chi connectivity index (χ0) is 18.0. The Kier molecular flexibility index (Phi) is 4.85. The summed E-state index contributed by atoms with van der Waals surface area (Å²) in [6.45, 7) is 2.87. The average Bonchev–Trinajstić information content (AvgIpc) is 3.15. The van der Waals surface area contributed by atoms with E-state index in [2.05, 4.69) is 5.32 Å². The molecule has 0 radical (unpaired) electrons. The smallest absolute Gasteiger partial charge is 0.324 e. The Labute approximate surface area is 150 Å². The number of carbonyl (C=O) groups excluding carboxylic acids is 3. The quantitative estimate of drug-likeness (QED) is 0.836. The van der Waals surface area contributed by atoms with Crippen molar-refractivity contribution in [2.75, 3.05) is 13.6 Å². The minimum absolute atomic E-state index is 0.0440. The second-order valence-electron chi connectivity index (χ2n) is 6.02. The lowest BCUT2D eigenvalue weighted by molar-refractivity contribution is -0.125. The first-order chi connectivity index (χ1) is 12.0. The molecule has 0 spiro atoms. The van der Waals surface area contributed by atoms with Gasteiger partial charge in [-0.15, -0.1) is 11.3 Å². The van der Waals surface area contributed by atoms with Gasteiger partial charge in [0.1, 0.15) is 0 Å². The Morgan fingerprint density at radius 1 is 1.24 bits per heavy atom. The van der Waals surface area contributed by atoms with E-state index >= 15 is 0 Å². The Balaban J connectivity index is 1.65. The molecule has 1 aromatic heterocycles. The van der Waals surface area contributed by atoms with Crippen LogP contribution in [0.25, 0.3) is 0 Å². The molecule has 0 atom stereocenters. The number of nitrogens with one attached hydrogen (secondary N) is 1. The summed E-state index contributed by atoms with van der Waals surface area (Å²) in [4.78, 5) is 39.8. The van der Waals surface area contributed by atoms with Gasteiger partial charge in [0, 0.05) is 17.5 Å². The predicted molar refractivity (Wildman–Crippen MR) is 95.2 cm³/mol. The van der Waals surface area contributed by atoms with Crippen LogP contribution in [0.2, 0.25) is 0 Å². The van der Waals surface area contributed by atoms with Crippen LogP contribution >= 0.6 is 11.3 Å². The number of aryl methyl sites for hydroxylation is 1. The molecule has 1 N–H and O–H groups in total. The third kappa shape index (κ3) is 3.71. The minimum Gasteiger partial charge on any atom is -0.337 e. The normalized spacial score (nSPS) is 13.9. The van der Waals surface area contributed by atoms with Gasteiger partial charge in [0.15, 0.2) is 0 Å². The molecule has 1 saturated heterocycles. The summed E-state index contributed by atoms with van der Waals surface area (Å²) < 4.78 is 0. The molecule has 7 heteroatoms. The van der Waals surface area contributed by atoms with E-state index in [1.54, 1.807) is 47.5 Å². The van der Waals surface area contributed by atoms with Crippen molar-refractivity contribution in [2.24, 2.45) is 0 Å². The average molecular weight is 357 g/mol. The lowest BCUT2D eigenvalue weighted by atomic mass is 10.1. The highest BCUT2D eigenvalue weighted by Gasteiger charge is 2.28. The van der Waals surface area contributed by atoms with Gasteiger partial charge in [-0.2, -0.15) is 0 Å². The summed E-state index contributed by atoms with van der Waals surface area (Å²) in [5, 5.41) is 4.51. The van der Waals surface area contributed by atoms with Gasteiger partial charge in [-0.3, -0.25) is 14.5 Å². The van der Waals surface area contributed by atoms with E-state index < -0.39 is 0 Å². The standard InChI is InChI=1S/C18H19N3O3S/c1-12-7-8-25-15(12)11-20(2)17(23)14-5-3-13(4-6-14)10-21-16(22)9-19-18(21)24/h3-8H,9-11H2,1-2H3,(H,19,24). The molecule has 1 fully saturated rings. The first-order valence-electron chi connectivity index (χ1n) is 7.91. The van der Waals surface area contributed by atoms with Gasteiger partial charge < -0.3 is 10.2 Å². The maximum Gasteiger partial charge on any atom is 0.324 e. The molecule has 0 aliphatic carbocycles. The third-order valence-electron chi connectivity index (χ3n) is 4.17. The molecular formula is C18H19N3O3S. The van der Waals surface area contributed by atoms with Crippen LogP contribution in [0.5, 0.6) is 0 Å². The lowest BCUT2D eigenvalue weighted by Gasteiger charge is -2.17. The molecule has 1 aromatic carbocycles. The van der Waals surface area contributed by atoms with E-state index in [1.165, 1.54) is 15.3 Å². The molecule has 2 heterocycles. The van der Waals surface area contributed by atoms with Gasteiger partial charge in [-0.25, -0.2) is 4.79 Å². The summed E-state index contributed by atoms with van der Waals surface area (Å²) in [7, 11) is 1.78. The van der Waals surface area contributed by atoms with Crippen molar-refractivity contribution in [3.8, 4) is 0 Å². The number of urea groups is 1.